The van der Waals surface area contributed by atoms with Gasteiger partial charge >= 0.3 is 0 Å². The van der Waals surface area contributed by atoms with E-state index in [9.17, 15) is 0 Å². The molecule has 1 nitrogen and oxygen atoms in total. The molecule has 0 aliphatic heterocycles. The van der Waals surface area contributed by atoms with Gasteiger partial charge in [0.05, 0.1) is 6.61 Å². The molecule has 0 atom stereocenters. The Morgan fingerprint density at radius 1 is 0.920 bits per heavy atom. The average Bonchev–Trinajstić information content (AvgIpc) is 2.61. The standard InChI is InChI=1S/C23H32OSi/c1-6-7-14-20(2)19-24-25(23(3,4)5,21-15-10-8-11-16-21)22-17-12-9-13-18-22/h8-18H,6-7,19H2,1-5H3/b20-14-. The lowest BCUT2D eigenvalue weighted by molar-refractivity contribution is 0.329. The van der Waals surface area contributed by atoms with Crippen LogP contribution in [-0.4, -0.2) is 14.9 Å². The van der Waals surface area contributed by atoms with Crippen LogP contribution in [0.5, 0.6) is 0 Å². The van der Waals surface area contributed by atoms with Crippen LogP contribution in [0, 0.1) is 0 Å². The van der Waals surface area contributed by atoms with E-state index in [1.54, 1.807) is 0 Å². The molecule has 25 heavy (non-hydrogen) atoms. The summed E-state index contributed by atoms with van der Waals surface area (Å²) in [6.07, 6.45) is 4.62. The van der Waals surface area contributed by atoms with E-state index in [1.165, 1.54) is 22.4 Å². The monoisotopic (exact) mass is 352 g/mol. The summed E-state index contributed by atoms with van der Waals surface area (Å²) >= 11 is 0. The fourth-order valence-corrected chi connectivity index (χ4v) is 8.03. The lowest BCUT2D eigenvalue weighted by Gasteiger charge is -2.43. The Balaban J connectivity index is 2.53. The molecule has 0 aliphatic carbocycles. The Morgan fingerprint density at radius 2 is 1.40 bits per heavy atom. The van der Waals surface area contributed by atoms with Gasteiger partial charge in [0, 0.05) is 0 Å². The van der Waals surface area contributed by atoms with Crippen LogP contribution in [0.15, 0.2) is 72.3 Å². The van der Waals surface area contributed by atoms with Crippen LogP contribution >= 0.6 is 0 Å². The maximum absolute atomic E-state index is 6.90. The molecule has 0 aromatic heterocycles. The van der Waals surface area contributed by atoms with Crippen molar-refractivity contribution in [1.82, 2.24) is 0 Å². The van der Waals surface area contributed by atoms with Crippen LogP contribution in [0.25, 0.3) is 0 Å². The third kappa shape index (κ3) is 4.50. The summed E-state index contributed by atoms with van der Waals surface area (Å²) in [5, 5.41) is 2.73. The maximum Gasteiger partial charge on any atom is 0.261 e. The molecule has 0 radical (unpaired) electrons. The topological polar surface area (TPSA) is 9.23 Å². The molecule has 0 fully saturated rings. The van der Waals surface area contributed by atoms with Gasteiger partial charge in [0.2, 0.25) is 0 Å². The molecule has 0 bridgehead atoms. The quantitative estimate of drug-likeness (QED) is 0.485. The largest absolute Gasteiger partial charge is 0.403 e. The average molecular weight is 353 g/mol. The van der Waals surface area contributed by atoms with Crippen LogP contribution in [-0.2, 0) is 4.43 Å². The van der Waals surface area contributed by atoms with Gasteiger partial charge in [0.25, 0.3) is 8.32 Å². The van der Waals surface area contributed by atoms with E-state index in [0.717, 1.165) is 6.42 Å². The molecular weight excluding hydrogens is 320 g/mol. The number of benzene rings is 2. The first-order valence-corrected chi connectivity index (χ1v) is 11.2. The SMILES string of the molecule is CCC/C=C(/C)CO[Si](c1ccccc1)(c1ccccc1)C(C)(C)C. The molecule has 0 spiro atoms. The Labute approximate surface area is 154 Å². The van der Waals surface area contributed by atoms with Gasteiger partial charge < -0.3 is 4.43 Å². The molecule has 0 aliphatic rings. The zero-order valence-corrected chi connectivity index (χ0v) is 17.4. The predicted molar refractivity (Wildman–Crippen MR) is 112 cm³/mol. The third-order valence-corrected chi connectivity index (χ3v) is 9.70. The highest BCUT2D eigenvalue weighted by atomic mass is 28.4. The first-order valence-electron chi connectivity index (χ1n) is 9.32. The summed E-state index contributed by atoms with van der Waals surface area (Å²) < 4.78 is 6.90. The second kappa shape index (κ2) is 8.64. The second-order valence-corrected chi connectivity index (χ2v) is 12.1. The van der Waals surface area contributed by atoms with Gasteiger partial charge in [-0.3, -0.25) is 0 Å². The zero-order valence-electron chi connectivity index (χ0n) is 16.4. The summed E-state index contributed by atoms with van der Waals surface area (Å²) in [7, 11) is -2.39. The van der Waals surface area contributed by atoms with E-state index < -0.39 is 8.32 Å². The summed E-state index contributed by atoms with van der Waals surface area (Å²) in [4.78, 5) is 0. The van der Waals surface area contributed by atoms with Gasteiger partial charge in [0.15, 0.2) is 0 Å². The second-order valence-electron chi connectivity index (χ2n) is 7.79. The lowest BCUT2D eigenvalue weighted by atomic mass is 10.2. The lowest BCUT2D eigenvalue weighted by Crippen LogP contribution is -2.66. The van der Waals surface area contributed by atoms with Gasteiger partial charge in [0.1, 0.15) is 0 Å². The van der Waals surface area contributed by atoms with E-state index in [0.29, 0.717) is 6.61 Å². The molecule has 2 rings (SSSR count). The molecule has 2 heteroatoms. The van der Waals surface area contributed by atoms with Crippen LogP contribution in [0.3, 0.4) is 0 Å². The molecule has 2 aromatic carbocycles. The minimum Gasteiger partial charge on any atom is -0.403 e. The number of allylic oxidation sites excluding steroid dienone is 1. The number of unbranched alkanes of at least 4 members (excludes halogenated alkanes) is 1. The zero-order chi connectivity index (χ0) is 18.3. The van der Waals surface area contributed by atoms with Gasteiger partial charge in [-0.2, -0.15) is 0 Å². The highest BCUT2D eigenvalue weighted by molar-refractivity contribution is 6.99. The van der Waals surface area contributed by atoms with E-state index >= 15 is 0 Å². The molecular formula is C23H32OSi. The molecule has 0 amide bonds. The number of rotatable bonds is 7. The van der Waals surface area contributed by atoms with Crippen molar-refractivity contribution in [3.8, 4) is 0 Å². The van der Waals surface area contributed by atoms with E-state index in [2.05, 4.69) is 101 Å². The summed E-state index contributed by atoms with van der Waals surface area (Å²) in [5.74, 6) is 0. The van der Waals surface area contributed by atoms with Crippen molar-refractivity contribution in [2.75, 3.05) is 6.61 Å². The molecule has 2 aromatic rings. The number of hydrogen-bond donors (Lipinski definition) is 0. The Kier molecular flexibility index (Phi) is 6.80. The molecule has 134 valence electrons. The van der Waals surface area contributed by atoms with Gasteiger partial charge in [-0.15, -0.1) is 0 Å². The van der Waals surface area contributed by atoms with Gasteiger partial charge in [-0.1, -0.05) is 106 Å². The Morgan fingerprint density at radius 3 is 1.80 bits per heavy atom. The van der Waals surface area contributed by atoms with Crippen LogP contribution < -0.4 is 10.4 Å². The fourth-order valence-electron chi connectivity index (χ4n) is 3.43. The molecule has 0 heterocycles. The molecule has 0 N–H and O–H groups in total. The highest BCUT2D eigenvalue weighted by Crippen LogP contribution is 2.36. The van der Waals surface area contributed by atoms with Crippen LogP contribution in [0.4, 0.5) is 0 Å². The van der Waals surface area contributed by atoms with Crippen molar-refractivity contribution in [1.29, 1.82) is 0 Å². The van der Waals surface area contributed by atoms with E-state index in [4.69, 9.17) is 4.43 Å². The van der Waals surface area contributed by atoms with Crippen molar-refractivity contribution in [3.63, 3.8) is 0 Å². The third-order valence-electron chi connectivity index (χ3n) is 4.71. The maximum atomic E-state index is 6.90. The molecule has 0 unspecified atom stereocenters. The normalized spacial score (nSPS) is 13.1. The van der Waals surface area contributed by atoms with Gasteiger partial charge in [-0.05, 0) is 28.8 Å². The van der Waals surface area contributed by atoms with Crippen LogP contribution in [0.1, 0.15) is 47.5 Å². The van der Waals surface area contributed by atoms with E-state index in [1.807, 2.05) is 0 Å². The minimum absolute atomic E-state index is 0.0424. The Hall–Kier alpha value is -1.64. The smallest absolute Gasteiger partial charge is 0.261 e. The first kappa shape index (κ1) is 19.7. The molecule has 0 saturated carbocycles. The van der Waals surface area contributed by atoms with Crippen molar-refractivity contribution in [2.24, 2.45) is 0 Å². The summed E-state index contributed by atoms with van der Waals surface area (Å²) in [6, 6.07) is 21.7. The van der Waals surface area contributed by atoms with Crippen molar-refractivity contribution in [2.45, 2.75) is 52.5 Å². The van der Waals surface area contributed by atoms with Crippen LogP contribution in [0.2, 0.25) is 5.04 Å². The van der Waals surface area contributed by atoms with Crippen molar-refractivity contribution < 1.29 is 4.43 Å². The van der Waals surface area contributed by atoms with Crippen molar-refractivity contribution >= 4 is 18.7 Å². The summed E-state index contributed by atoms with van der Waals surface area (Å²) in [5.41, 5.74) is 1.33. The highest BCUT2D eigenvalue weighted by Gasteiger charge is 2.50. The number of hydrogen-bond acceptors (Lipinski definition) is 1. The minimum atomic E-state index is -2.39. The predicted octanol–water partition coefficient (Wildman–Crippen LogP) is 5.31. The van der Waals surface area contributed by atoms with Gasteiger partial charge in [-0.25, -0.2) is 0 Å². The first-order chi connectivity index (χ1) is 11.9. The van der Waals surface area contributed by atoms with Crippen molar-refractivity contribution in [3.05, 3.63) is 72.3 Å². The molecule has 0 saturated heterocycles. The Bertz CT molecular complexity index is 629. The van der Waals surface area contributed by atoms with E-state index in [-0.39, 0.29) is 5.04 Å². The fraction of sp³-hybridized carbons (Fsp3) is 0.391. The summed E-state index contributed by atoms with van der Waals surface area (Å²) in [6.45, 7) is 12.1.